The third-order valence-corrected chi connectivity index (χ3v) is 4.34. The van der Waals surface area contributed by atoms with Gasteiger partial charge in [0.25, 0.3) is 0 Å². The van der Waals surface area contributed by atoms with Crippen LogP contribution >= 0.6 is 0 Å². The second-order valence-electron chi connectivity index (χ2n) is 4.31. The minimum absolute atomic E-state index is 0.0473. The Morgan fingerprint density at radius 1 is 1.30 bits per heavy atom. The monoisotopic (exact) mass is 294 g/mol. The molecule has 106 valence electrons. The topological polar surface area (TPSA) is 99.3 Å². The molecule has 1 aromatic heterocycles. The summed E-state index contributed by atoms with van der Waals surface area (Å²) in [7, 11) is -3.93. The first kappa shape index (κ1) is 14.3. The molecule has 6 nitrogen and oxygen atoms in total. The first-order chi connectivity index (χ1) is 9.40. The number of sulfonamides is 1. The standard InChI is InChI=1S/C13H14N2O4S/c1-9(10-3-2-4-11(16)7-10)15-20(18,19)13-8-14-6-5-12(13)17/h2-9,15-16H,1H3,(H,14,17). The summed E-state index contributed by atoms with van der Waals surface area (Å²) in [5.41, 5.74) is 0.0142. The van der Waals surface area contributed by atoms with Gasteiger partial charge in [0.2, 0.25) is 15.5 Å². The molecule has 0 bridgehead atoms. The number of phenols is 1. The number of phenolic OH excluding ortho intramolecular Hbond substituents is 1. The molecule has 1 atom stereocenters. The van der Waals surface area contributed by atoms with E-state index in [2.05, 4.69) is 9.71 Å². The van der Waals surface area contributed by atoms with Gasteiger partial charge in [-0.15, -0.1) is 0 Å². The van der Waals surface area contributed by atoms with E-state index in [0.29, 0.717) is 5.56 Å². The zero-order chi connectivity index (χ0) is 14.8. The van der Waals surface area contributed by atoms with E-state index in [-0.39, 0.29) is 10.6 Å². The number of hydrogen-bond acceptors (Lipinski definition) is 4. The molecule has 0 saturated heterocycles. The maximum atomic E-state index is 12.1. The van der Waals surface area contributed by atoms with Crippen molar-refractivity contribution in [1.82, 2.24) is 9.71 Å². The van der Waals surface area contributed by atoms with Crippen molar-refractivity contribution in [2.45, 2.75) is 17.9 Å². The van der Waals surface area contributed by atoms with Crippen LogP contribution in [0.2, 0.25) is 0 Å². The molecule has 20 heavy (non-hydrogen) atoms. The minimum Gasteiger partial charge on any atom is -0.508 e. The van der Waals surface area contributed by atoms with Gasteiger partial charge in [-0.05, 0) is 24.6 Å². The Hall–Kier alpha value is -2.12. The van der Waals surface area contributed by atoms with Crippen LogP contribution in [0.15, 0.2) is 52.4 Å². The first-order valence-corrected chi connectivity index (χ1v) is 7.37. The van der Waals surface area contributed by atoms with Gasteiger partial charge in [0.05, 0.1) is 0 Å². The number of rotatable bonds is 4. The SMILES string of the molecule is CC(NS(=O)(=O)c1c[nH]ccc1=O)c1cccc(O)c1. The van der Waals surface area contributed by atoms with Crippen molar-refractivity contribution in [3.05, 3.63) is 58.5 Å². The fourth-order valence-corrected chi connectivity index (χ4v) is 3.05. The van der Waals surface area contributed by atoms with Gasteiger partial charge in [-0.2, -0.15) is 0 Å². The van der Waals surface area contributed by atoms with Crippen LogP contribution in [0.1, 0.15) is 18.5 Å². The van der Waals surface area contributed by atoms with E-state index < -0.39 is 21.5 Å². The molecule has 0 aliphatic heterocycles. The zero-order valence-electron chi connectivity index (χ0n) is 10.7. The van der Waals surface area contributed by atoms with Crippen LogP contribution in [0.5, 0.6) is 5.75 Å². The van der Waals surface area contributed by atoms with Gasteiger partial charge in [0, 0.05) is 24.5 Å². The third-order valence-electron chi connectivity index (χ3n) is 2.78. The van der Waals surface area contributed by atoms with E-state index in [9.17, 15) is 18.3 Å². The molecule has 0 spiro atoms. The fourth-order valence-electron chi connectivity index (χ4n) is 1.77. The first-order valence-electron chi connectivity index (χ1n) is 5.88. The third kappa shape index (κ3) is 3.06. The summed E-state index contributed by atoms with van der Waals surface area (Å²) >= 11 is 0. The molecule has 2 rings (SSSR count). The number of benzene rings is 1. The summed E-state index contributed by atoms with van der Waals surface area (Å²) in [6.45, 7) is 1.63. The molecule has 0 aliphatic carbocycles. The normalized spacial score (nSPS) is 13.1. The molecule has 2 aromatic rings. The van der Waals surface area contributed by atoms with Crippen molar-refractivity contribution < 1.29 is 13.5 Å². The summed E-state index contributed by atoms with van der Waals surface area (Å²) in [6.07, 6.45) is 2.50. The van der Waals surface area contributed by atoms with Crippen LogP contribution in [-0.2, 0) is 10.0 Å². The minimum atomic E-state index is -3.93. The second kappa shape index (κ2) is 5.48. The van der Waals surface area contributed by atoms with E-state index in [1.165, 1.54) is 18.3 Å². The van der Waals surface area contributed by atoms with Gasteiger partial charge >= 0.3 is 0 Å². The molecule has 0 saturated carbocycles. The van der Waals surface area contributed by atoms with Gasteiger partial charge < -0.3 is 10.1 Å². The highest BCUT2D eigenvalue weighted by Crippen LogP contribution is 2.19. The molecule has 0 amide bonds. The van der Waals surface area contributed by atoms with E-state index >= 15 is 0 Å². The van der Waals surface area contributed by atoms with E-state index in [1.54, 1.807) is 19.1 Å². The number of aromatic nitrogens is 1. The van der Waals surface area contributed by atoms with E-state index in [4.69, 9.17) is 0 Å². The molecule has 1 unspecified atom stereocenters. The summed E-state index contributed by atoms with van der Waals surface area (Å²) in [4.78, 5) is 13.8. The second-order valence-corrected chi connectivity index (χ2v) is 5.99. The van der Waals surface area contributed by atoms with Crippen molar-refractivity contribution in [3.63, 3.8) is 0 Å². The van der Waals surface area contributed by atoms with Gasteiger partial charge in [-0.25, -0.2) is 13.1 Å². The number of hydrogen-bond donors (Lipinski definition) is 3. The lowest BCUT2D eigenvalue weighted by atomic mass is 10.1. The Kier molecular flexibility index (Phi) is 3.91. The summed E-state index contributed by atoms with van der Waals surface area (Å²) in [5.74, 6) is 0.0473. The average molecular weight is 294 g/mol. The molecule has 1 aromatic carbocycles. The Balaban J connectivity index is 2.29. The van der Waals surface area contributed by atoms with Crippen molar-refractivity contribution in [2.24, 2.45) is 0 Å². The Morgan fingerprint density at radius 3 is 2.70 bits per heavy atom. The lowest BCUT2D eigenvalue weighted by Gasteiger charge is -2.14. The van der Waals surface area contributed by atoms with Crippen LogP contribution in [0.25, 0.3) is 0 Å². The number of nitrogens with one attached hydrogen (secondary N) is 2. The predicted octanol–water partition coefficient (Wildman–Crippen LogP) is 1.12. The van der Waals surface area contributed by atoms with Crippen molar-refractivity contribution in [1.29, 1.82) is 0 Å². The Morgan fingerprint density at radius 2 is 2.05 bits per heavy atom. The Bertz CT molecular complexity index is 768. The lowest BCUT2D eigenvalue weighted by molar-refractivity contribution is 0.473. The van der Waals surface area contributed by atoms with Gasteiger partial charge in [0.15, 0.2) is 0 Å². The number of aromatic hydroxyl groups is 1. The lowest BCUT2D eigenvalue weighted by Crippen LogP contribution is -2.30. The van der Waals surface area contributed by atoms with Gasteiger partial charge in [-0.1, -0.05) is 12.1 Å². The molecule has 0 radical (unpaired) electrons. The van der Waals surface area contributed by atoms with Crippen LogP contribution < -0.4 is 10.2 Å². The predicted molar refractivity (Wildman–Crippen MR) is 73.9 cm³/mol. The highest BCUT2D eigenvalue weighted by molar-refractivity contribution is 7.89. The molecule has 7 heteroatoms. The van der Waals surface area contributed by atoms with Crippen LogP contribution in [-0.4, -0.2) is 18.5 Å². The number of aromatic amines is 1. The quantitative estimate of drug-likeness (QED) is 0.786. The summed E-state index contributed by atoms with van der Waals surface area (Å²) in [6, 6.07) is 6.82. The molecule has 0 fully saturated rings. The summed E-state index contributed by atoms with van der Waals surface area (Å²) in [5, 5.41) is 9.39. The van der Waals surface area contributed by atoms with E-state index in [1.807, 2.05) is 0 Å². The molecular weight excluding hydrogens is 280 g/mol. The molecule has 3 N–H and O–H groups in total. The van der Waals surface area contributed by atoms with Gasteiger partial charge in [-0.3, -0.25) is 4.79 Å². The number of H-pyrrole nitrogens is 1. The smallest absolute Gasteiger partial charge is 0.246 e. The van der Waals surface area contributed by atoms with Crippen LogP contribution in [0.4, 0.5) is 0 Å². The van der Waals surface area contributed by atoms with E-state index in [0.717, 1.165) is 12.3 Å². The largest absolute Gasteiger partial charge is 0.508 e. The zero-order valence-corrected chi connectivity index (χ0v) is 11.5. The van der Waals surface area contributed by atoms with Crippen molar-refractivity contribution in [2.75, 3.05) is 0 Å². The maximum absolute atomic E-state index is 12.1. The molecule has 0 aliphatic rings. The molecular formula is C13H14N2O4S. The molecule has 1 heterocycles. The highest BCUT2D eigenvalue weighted by Gasteiger charge is 2.21. The Labute approximate surface area is 116 Å². The average Bonchev–Trinajstić information content (AvgIpc) is 2.38. The fraction of sp³-hybridized carbons (Fsp3) is 0.154. The van der Waals surface area contributed by atoms with Crippen LogP contribution in [0, 0.1) is 0 Å². The highest BCUT2D eigenvalue weighted by atomic mass is 32.2. The maximum Gasteiger partial charge on any atom is 0.246 e. The van der Waals surface area contributed by atoms with Gasteiger partial charge in [0.1, 0.15) is 10.6 Å². The van der Waals surface area contributed by atoms with Crippen molar-refractivity contribution >= 4 is 10.0 Å². The van der Waals surface area contributed by atoms with Crippen LogP contribution in [0.3, 0.4) is 0 Å². The summed E-state index contributed by atoms with van der Waals surface area (Å²) < 4.78 is 26.7. The number of pyridine rings is 1. The van der Waals surface area contributed by atoms with Crippen molar-refractivity contribution in [3.8, 4) is 5.75 Å².